The van der Waals surface area contributed by atoms with Gasteiger partial charge in [0.25, 0.3) is 0 Å². The Kier molecular flexibility index (Phi) is 10.7. The van der Waals surface area contributed by atoms with Crippen LogP contribution < -0.4 is 20.5 Å². The molecule has 0 aliphatic heterocycles. The Labute approximate surface area is 189 Å². The average Bonchev–Trinajstić information content (AvgIpc) is 2.69. The number of halogens is 1. The van der Waals surface area contributed by atoms with E-state index in [4.69, 9.17) is 9.88 Å². The third kappa shape index (κ3) is 8.42. The maximum Gasteiger partial charge on any atom is 0.238 e. The predicted molar refractivity (Wildman–Crippen MR) is 127 cm³/mol. The van der Waals surface area contributed by atoms with Crippen molar-refractivity contribution < 1.29 is 13.2 Å². The van der Waals surface area contributed by atoms with Gasteiger partial charge in [-0.2, -0.15) is 0 Å². The number of hydrogen-bond donors (Lipinski definition) is 3. The van der Waals surface area contributed by atoms with E-state index >= 15 is 0 Å². The molecule has 7 nitrogen and oxygen atoms in total. The smallest absolute Gasteiger partial charge is 0.238 e. The number of nitrogens with one attached hydrogen (secondary N) is 2. The second kappa shape index (κ2) is 12.5. The molecular formula is C20H27IN4O3S. The molecule has 2 rings (SSSR count). The van der Waals surface area contributed by atoms with Crippen LogP contribution in [0.25, 0.3) is 0 Å². The molecule has 0 aliphatic carbocycles. The molecule has 0 aromatic heterocycles. The predicted octanol–water partition coefficient (Wildman–Crippen LogP) is 2.42. The Bertz CT molecular complexity index is 916. The van der Waals surface area contributed by atoms with Crippen LogP contribution in [0, 0.1) is 0 Å². The van der Waals surface area contributed by atoms with Gasteiger partial charge >= 0.3 is 0 Å². The van der Waals surface area contributed by atoms with Crippen molar-refractivity contribution >= 4 is 40.0 Å². The molecule has 0 radical (unpaired) electrons. The molecule has 0 atom stereocenters. The average molecular weight is 530 g/mol. The lowest BCUT2D eigenvalue weighted by Gasteiger charge is -2.14. The molecule has 0 bridgehead atoms. The third-order valence-corrected chi connectivity index (χ3v) is 4.89. The Hall–Kier alpha value is -2.11. The third-order valence-electron chi connectivity index (χ3n) is 3.96. The van der Waals surface area contributed by atoms with E-state index in [1.165, 1.54) is 12.1 Å². The number of nitrogens with zero attached hydrogens (tertiary/aromatic N) is 1. The molecule has 0 unspecified atom stereocenters. The van der Waals surface area contributed by atoms with E-state index in [9.17, 15) is 8.42 Å². The van der Waals surface area contributed by atoms with Gasteiger partial charge in [-0.05, 0) is 30.2 Å². The number of primary sulfonamides is 1. The molecular weight excluding hydrogens is 503 g/mol. The number of rotatable bonds is 9. The quantitative estimate of drug-likeness (QED) is 0.200. The Morgan fingerprint density at radius 1 is 1.17 bits per heavy atom. The summed E-state index contributed by atoms with van der Waals surface area (Å²) in [6.45, 7) is 5.32. The number of hydrogen-bond acceptors (Lipinski definition) is 4. The summed E-state index contributed by atoms with van der Waals surface area (Å²) < 4.78 is 28.2. The Morgan fingerprint density at radius 2 is 1.86 bits per heavy atom. The number of sulfonamides is 1. The van der Waals surface area contributed by atoms with Gasteiger partial charge in [0.1, 0.15) is 12.4 Å². The standard InChI is InChI=1S/C20H26N4O3S.HI/c1-3-14-27-19-7-5-4-6-17(19)15-24-20(22-2)23-13-12-16-8-10-18(11-9-16)28(21,25)26;/h3-11H,1,12-15H2,2H3,(H2,21,25,26)(H2,22,23,24);1H. The molecule has 0 heterocycles. The fourth-order valence-electron chi connectivity index (χ4n) is 2.51. The van der Waals surface area contributed by atoms with E-state index in [-0.39, 0.29) is 28.9 Å². The van der Waals surface area contributed by atoms with E-state index in [2.05, 4.69) is 22.2 Å². The molecule has 0 fully saturated rings. The van der Waals surface area contributed by atoms with Crippen LogP contribution in [0.3, 0.4) is 0 Å². The molecule has 0 amide bonds. The maximum absolute atomic E-state index is 11.3. The molecule has 0 spiro atoms. The van der Waals surface area contributed by atoms with Crippen molar-refractivity contribution in [2.24, 2.45) is 10.1 Å². The topological polar surface area (TPSA) is 106 Å². The molecule has 0 saturated carbocycles. The monoisotopic (exact) mass is 530 g/mol. The second-order valence-corrected chi connectivity index (χ2v) is 7.56. The Morgan fingerprint density at radius 3 is 2.48 bits per heavy atom. The van der Waals surface area contributed by atoms with E-state index < -0.39 is 10.0 Å². The summed E-state index contributed by atoms with van der Waals surface area (Å²) in [6.07, 6.45) is 2.42. The zero-order valence-corrected chi connectivity index (χ0v) is 19.4. The minimum absolute atomic E-state index is 0. The highest BCUT2D eigenvalue weighted by molar-refractivity contribution is 14.0. The number of nitrogens with two attached hydrogens (primary N) is 1. The van der Waals surface area contributed by atoms with Crippen molar-refractivity contribution in [2.45, 2.75) is 17.9 Å². The number of ether oxygens (including phenoxy) is 1. The molecule has 2 aromatic carbocycles. The minimum Gasteiger partial charge on any atom is -0.489 e. The highest BCUT2D eigenvalue weighted by atomic mass is 127. The number of para-hydroxylation sites is 1. The summed E-state index contributed by atoms with van der Waals surface area (Å²) in [5, 5.41) is 11.6. The number of guanidine groups is 1. The van der Waals surface area contributed by atoms with Gasteiger partial charge in [0.15, 0.2) is 5.96 Å². The first-order valence-corrected chi connectivity index (χ1v) is 10.4. The zero-order valence-electron chi connectivity index (χ0n) is 16.3. The highest BCUT2D eigenvalue weighted by Gasteiger charge is 2.07. The van der Waals surface area contributed by atoms with E-state index in [0.29, 0.717) is 32.1 Å². The van der Waals surface area contributed by atoms with Gasteiger partial charge in [0.05, 0.1) is 4.90 Å². The molecule has 9 heteroatoms. The number of aliphatic imine (C=N–C) groups is 1. The van der Waals surface area contributed by atoms with Crippen molar-refractivity contribution in [1.82, 2.24) is 10.6 Å². The molecule has 0 aliphatic rings. The molecule has 29 heavy (non-hydrogen) atoms. The van der Waals surface area contributed by atoms with Gasteiger partial charge in [0, 0.05) is 25.7 Å². The summed E-state index contributed by atoms with van der Waals surface area (Å²) in [5.74, 6) is 1.47. The van der Waals surface area contributed by atoms with E-state index in [1.54, 1.807) is 25.3 Å². The van der Waals surface area contributed by atoms with Gasteiger partial charge < -0.3 is 15.4 Å². The second-order valence-electron chi connectivity index (χ2n) is 6.00. The summed E-state index contributed by atoms with van der Waals surface area (Å²) in [5.41, 5.74) is 2.02. The molecule has 4 N–H and O–H groups in total. The zero-order chi connectivity index (χ0) is 20.4. The summed E-state index contributed by atoms with van der Waals surface area (Å²) in [4.78, 5) is 4.32. The lowest BCUT2D eigenvalue weighted by atomic mass is 10.1. The normalized spacial score (nSPS) is 11.3. The highest BCUT2D eigenvalue weighted by Crippen LogP contribution is 2.17. The Balaban J connectivity index is 0.00000420. The van der Waals surface area contributed by atoms with Crippen LogP contribution in [0.15, 0.2) is 71.1 Å². The van der Waals surface area contributed by atoms with E-state index in [0.717, 1.165) is 16.9 Å². The molecule has 0 saturated heterocycles. The fraction of sp³-hybridized carbons (Fsp3) is 0.250. The van der Waals surface area contributed by atoms with Crippen LogP contribution in [0.5, 0.6) is 5.75 Å². The van der Waals surface area contributed by atoms with Crippen LogP contribution >= 0.6 is 24.0 Å². The maximum atomic E-state index is 11.3. The summed E-state index contributed by atoms with van der Waals surface area (Å²) in [7, 11) is -1.96. The first kappa shape index (κ1) is 24.9. The van der Waals surface area contributed by atoms with Crippen LogP contribution in [0.1, 0.15) is 11.1 Å². The van der Waals surface area contributed by atoms with Crippen LogP contribution in [-0.2, 0) is 23.0 Å². The largest absolute Gasteiger partial charge is 0.489 e. The van der Waals surface area contributed by atoms with Crippen molar-refractivity contribution in [3.05, 3.63) is 72.3 Å². The van der Waals surface area contributed by atoms with Crippen molar-refractivity contribution in [3.8, 4) is 5.75 Å². The SMILES string of the molecule is C=CCOc1ccccc1CNC(=NC)NCCc1ccc(S(N)(=O)=O)cc1.I. The van der Waals surface area contributed by atoms with Crippen molar-refractivity contribution in [1.29, 1.82) is 0 Å². The van der Waals surface area contributed by atoms with Gasteiger partial charge in [-0.15, -0.1) is 24.0 Å². The van der Waals surface area contributed by atoms with Crippen LogP contribution in [-0.4, -0.2) is 34.6 Å². The fourth-order valence-corrected chi connectivity index (χ4v) is 3.03. The van der Waals surface area contributed by atoms with Crippen molar-refractivity contribution in [2.75, 3.05) is 20.2 Å². The lowest BCUT2D eigenvalue weighted by Crippen LogP contribution is -2.37. The molecule has 2 aromatic rings. The number of benzene rings is 2. The molecule has 158 valence electrons. The van der Waals surface area contributed by atoms with Gasteiger partial charge in [0.2, 0.25) is 10.0 Å². The van der Waals surface area contributed by atoms with Gasteiger partial charge in [-0.25, -0.2) is 13.6 Å². The van der Waals surface area contributed by atoms with Gasteiger partial charge in [-0.1, -0.05) is 43.0 Å². The van der Waals surface area contributed by atoms with Crippen LogP contribution in [0.4, 0.5) is 0 Å². The van der Waals surface area contributed by atoms with Crippen LogP contribution in [0.2, 0.25) is 0 Å². The summed E-state index contributed by atoms with van der Waals surface area (Å²) in [6, 6.07) is 14.3. The minimum atomic E-state index is -3.66. The summed E-state index contributed by atoms with van der Waals surface area (Å²) >= 11 is 0. The van der Waals surface area contributed by atoms with E-state index in [1.807, 2.05) is 24.3 Å². The first-order chi connectivity index (χ1) is 13.4. The van der Waals surface area contributed by atoms with Crippen molar-refractivity contribution in [3.63, 3.8) is 0 Å². The lowest BCUT2D eigenvalue weighted by molar-refractivity contribution is 0.358. The first-order valence-electron chi connectivity index (χ1n) is 8.82. The van der Waals surface area contributed by atoms with Gasteiger partial charge in [-0.3, -0.25) is 4.99 Å².